The molecular weight excluding hydrogens is 264 g/mol. The predicted octanol–water partition coefficient (Wildman–Crippen LogP) is 3.11. The highest BCUT2D eigenvalue weighted by molar-refractivity contribution is 5.80. The van der Waals surface area contributed by atoms with Crippen LogP contribution < -0.4 is 0 Å². The molecule has 2 aromatic rings. The van der Waals surface area contributed by atoms with E-state index in [2.05, 4.69) is 41.2 Å². The molecule has 1 aliphatic heterocycles. The lowest BCUT2D eigenvalue weighted by Gasteiger charge is -2.36. The Morgan fingerprint density at radius 2 is 2.24 bits per heavy atom. The molecule has 1 aliphatic rings. The first kappa shape index (κ1) is 14.1. The lowest BCUT2D eigenvalue weighted by molar-refractivity contribution is -0.142. The fraction of sp³-hybridized carbons (Fsp3) is 0.471. The molecule has 1 fully saturated rings. The van der Waals surface area contributed by atoms with E-state index in [0.717, 1.165) is 19.4 Å². The number of para-hydroxylation sites is 1. The third-order valence-electron chi connectivity index (χ3n) is 4.57. The lowest BCUT2D eigenvalue weighted by Crippen LogP contribution is -2.34. The minimum atomic E-state index is -0.0973. The largest absolute Gasteiger partial charge is 0.469 e. The molecular formula is C17H22N2O2. The first-order chi connectivity index (χ1) is 10.2. The van der Waals surface area contributed by atoms with Gasteiger partial charge in [-0.25, -0.2) is 0 Å². The summed E-state index contributed by atoms with van der Waals surface area (Å²) in [6.45, 7) is 1.02. The highest BCUT2D eigenvalue weighted by Crippen LogP contribution is 2.35. The summed E-state index contributed by atoms with van der Waals surface area (Å²) in [6, 6.07) is 10.9. The number of nitrogens with zero attached hydrogens (tertiary/aromatic N) is 1. The van der Waals surface area contributed by atoms with Crippen LogP contribution >= 0.6 is 0 Å². The Hall–Kier alpha value is -1.81. The van der Waals surface area contributed by atoms with E-state index in [4.69, 9.17) is 4.74 Å². The number of hydrogen-bond donors (Lipinski definition) is 1. The molecule has 112 valence electrons. The Morgan fingerprint density at radius 1 is 1.43 bits per heavy atom. The number of nitrogens with one attached hydrogen (secondary N) is 1. The van der Waals surface area contributed by atoms with Gasteiger partial charge in [-0.2, -0.15) is 0 Å². The van der Waals surface area contributed by atoms with Gasteiger partial charge in [0.2, 0.25) is 0 Å². The number of H-pyrrole nitrogens is 1. The van der Waals surface area contributed by atoms with Crippen molar-refractivity contribution < 1.29 is 9.53 Å². The number of carbonyl (C=O) groups is 1. The minimum Gasteiger partial charge on any atom is -0.469 e. The molecule has 0 unspecified atom stereocenters. The summed E-state index contributed by atoms with van der Waals surface area (Å²) in [5.74, 6) is 0.310. The number of rotatable bonds is 3. The average molecular weight is 286 g/mol. The van der Waals surface area contributed by atoms with Gasteiger partial charge in [-0.3, -0.25) is 9.69 Å². The molecule has 0 spiro atoms. The molecule has 0 radical (unpaired) electrons. The number of benzene rings is 1. The van der Waals surface area contributed by atoms with Crippen LogP contribution in [-0.4, -0.2) is 36.6 Å². The quantitative estimate of drug-likeness (QED) is 0.882. The van der Waals surface area contributed by atoms with Crippen LogP contribution in [0.25, 0.3) is 10.9 Å². The number of aromatic nitrogens is 1. The molecule has 2 atom stereocenters. The molecule has 1 saturated heterocycles. The van der Waals surface area contributed by atoms with Crippen LogP contribution in [0.2, 0.25) is 0 Å². The summed E-state index contributed by atoms with van der Waals surface area (Å²) < 4.78 is 4.81. The molecule has 1 aromatic heterocycles. The number of methoxy groups -OCH3 is 1. The van der Waals surface area contributed by atoms with Gasteiger partial charge in [0.05, 0.1) is 7.11 Å². The Kier molecular flexibility index (Phi) is 3.97. The summed E-state index contributed by atoms with van der Waals surface area (Å²) >= 11 is 0. The number of esters is 1. The van der Waals surface area contributed by atoms with Crippen molar-refractivity contribution in [1.29, 1.82) is 0 Å². The number of ether oxygens (including phenoxy) is 1. The van der Waals surface area contributed by atoms with Gasteiger partial charge in [-0.05, 0) is 49.9 Å². The molecule has 4 nitrogen and oxygen atoms in total. The van der Waals surface area contributed by atoms with Crippen LogP contribution in [0.15, 0.2) is 30.3 Å². The number of piperidine rings is 1. The molecule has 3 rings (SSSR count). The van der Waals surface area contributed by atoms with Gasteiger partial charge in [-0.1, -0.05) is 18.2 Å². The number of aromatic amines is 1. The molecule has 4 heteroatoms. The summed E-state index contributed by atoms with van der Waals surface area (Å²) in [7, 11) is 3.62. The second-order valence-electron chi connectivity index (χ2n) is 5.98. The van der Waals surface area contributed by atoms with Gasteiger partial charge in [0.1, 0.15) is 0 Å². The normalized spacial score (nSPS) is 23.3. The fourth-order valence-corrected chi connectivity index (χ4v) is 3.30. The highest BCUT2D eigenvalue weighted by Gasteiger charge is 2.29. The molecule has 0 bridgehead atoms. The van der Waals surface area contributed by atoms with E-state index >= 15 is 0 Å². The number of likely N-dealkylation sites (tertiary alicyclic amines) is 1. The molecule has 1 N–H and O–H groups in total. The van der Waals surface area contributed by atoms with Crippen molar-refractivity contribution in [2.24, 2.45) is 5.92 Å². The van der Waals surface area contributed by atoms with Crippen molar-refractivity contribution in [3.05, 3.63) is 36.0 Å². The van der Waals surface area contributed by atoms with Crippen LogP contribution in [0.5, 0.6) is 0 Å². The minimum absolute atomic E-state index is 0.0973. The van der Waals surface area contributed by atoms with Crippen molar-refractivity contribution in [3.63, 3.8) is 0 Å². The summed E-state index contributed by atoms with van der Waals surface area (Å²) in [5.41, 5.74) is 2.42. The van der Waals surface area contributed by atoms with E-state index in [1.165, 1.54) is 23.7 Å². The van der Waals surface area contributed by atoms with Gasteiger partial charge in [0.15, 0.2) is 0 Å². The molecule has 1 aromatic carbocycles. The summed E-state index contributed by atoms with van der Waals surface area (Å²) in [5, 5.41) is 1.25. The van der Waals surface area contributed by atoms with Crippen molar-refractivity contribution in [2.75, 3.05) is 20.7 Å². The van der Waals surface area contributed by atoms with Crippen LogP contribution in [-0.2, 0) is 9.53 Å². The van der Waals surface area contributed by atoms with Gasteiger partial charge in [0, 0.05) is 23.7 Å². The van der Waals surface area contributed by atoms with E-state index in [1.807, 2.05) is 6.07 Å². The van der Waals surface area contributed by atoms with Crippen LogP contribution in [0.3, 0.4) is 0 Å². The number of hydrogen-bond acceptors (Lipinski definition) is 3. The maximum absolute atomic E-state index is 11.5. The van der Waals surface area contributed by atoms with E-state index in [9.17, 15) is 4.79 Å². The smallest absolute Gasteiger partial charge is 0.305 e. The summed E-state index contributed by atoms with van der Waals surface area (Å²) in [6.07, 6.45) is 2.59. The SMILES string of the molecule is COC(=O)C[C@@H]1CCN(C)[C@H](c2cc3ccccc3[nH]2)C1. The fourth-order valence-electron chi connectivity index (χ4n) is 3.30. The second kappa shape index (κ2) is 5.90. The monoisotopic (exact) mass is 286 g/mol. The van der Waals surface area contributed by atoms with Crippen LogP contribution in [0, 0.1) is 5.92 Å². The second-order valence-corrected chi connectivity index (χ2v) is 5.98. The zero-order valence-electron chi connectivity index (χ0n) is 12.6. The van der Waals surface area contributed by atoms with Gasteiger partial charge >= 0.3 is 5.97 Å². The first-order valence-electron chi connectivity index (χ1n) is 7.52. The molecule has 0 aliphatic carbocycles. The molecule has 2 heterocycles. The molecule has 0 amide bonds. The number of fused-ring (bicyclic) bond motifs is 1. The van der Waals surface area contributed by atoms with Crippen molar-refractivity contribution >= 4 is 16.9 Å². The van der Waals surface area contributed by atoms with Gasteiger partial charge in [0.25, 0.3) is 0 Å². The van der Waals surface area contributed by atoms with Crippen molar-refractivity contribution in [1.82, 2.24) is 9.88 Å². The van der Waals surface area contributed by atoms with Gasteiger partial charge < -0.3 is 9.72 Å². The van der Waals surface area contributed by atoms with E-state index in [0.29, 0.717) is 18.4 Å². The Bertz CT molecular complexity index is 602. The maximum atomic E-state index is 11.5. The van der Waals surface area contributed by atoms with Crippen LogP contribution in [0.1, 0.15) is 31.0 Å². The molecule has 0 saturated carbocycles. The topological polar surface area (TPSA) is 45.3 Å². The predicted molar refractivity (Wildman–Crippen MR) is 83.0 cm³/mol. The van der Waals surface area contributed by atoms with Crippen molar-refractivity contribution in [2.45, 2.75) is 25.3 Å². The third kappa shape index (κ3) is 2.95. The Morgan fingerprint density at radius 3 is 3.00 bits per heavy atom. The van der Waals surface area contributed by atoms with E-state index in [1.54, 1.807) is 0 Å². The zero-order chi connectivity index (χ0) is 14.8. The Labute approximate surface area is 125 Å². The summed E-state index contributed by atoms with van der Waals surface area (Å²) in [4.78, 5) is 17.4. The van der Waals surface area contributed by atoms with Crippen molar-refractivity contribution in [3.8, 4) is 0 Å². The maximum Gasteiger partial charge on any atom is 0.305 e. The zero-order valence-corrected chi connectivity index (χ0v) is 12.6. The van der Waals surface area contributed by atoms with E-state index < -0.39 is 0 Å². The van der Waals surface area contributed by atoms with Gasteiger partial charge in [-0.15, -0.1) is 0 Å². The molecule has 21 heavy (non-hydrogen) atoms. The average Bonchev–Trinajstić information content (AvgIpc) is 2.92. The van der Waals surface area contributed by atoms with Crippen LogP contribution in [0.4, 0.5) is 0 Å². The lowest BCUT2D eigenvalue weighted by atomic mass is 9.87. The standard InChI is InChI=1S/C17H22N2O2/c1-19-8-7-12(10-17(20)21-2)9-16(19)15-11-13-5-3-4-6-14(13)18-15/h3-6,11-12,16,18H,7-10H2,1-2H3/t12-,16+/m1/s1. The highest BCUT2D eigenvalue weighted by atomic mass is 16.5. The number of carbonyl (C=O) groups excluding carboxylic acids is 1. The third-order valence-corrected chi connectivity index (χ3v) is 4.57. The Balaban J connectivity index is 1.80. The van der Waals surface area contributed by atoms with E-state index in [-0.39, 0.29) is 5.97 Å². The first-order valence-corrected chi connectivity index (χ1v) is 7.52.